The van der Waals surface area contributed by atoms with Crippen molar-refractivity contribution in [3.63, 3.8) is 0 Å². The van der Waals surface area contributed by atoms with Crippen molar-refractivity contribution in [2.45, 2.75) is 0 Å². The SMILES string of the molecule is c1ccc2c(c1)cc(-c1c3ccccc3c(-c3c4occc4cc4oc5ccccc5c34)c3ccccc13)c1ccccc12. The molecule has 8 aromatic carbocycles. The molecule has 0 saturated carbocycles. The van der Waals surface area contributed by atoms with Crippen LogP contribution in [0.4, 0.5) is 0 Å². The van der Waals surface area contributed by atoms with Gasteiger partial charge in [-0.05, 0) is 78.5 Å². The summed E-state index contributed by atoms with van der Waals surface area (Å²) in [6.07, 6.45) is 1.79. The maximum Gasteiger partial charge on any atom is 0.142 e. The van der Waals surface area contributed by atoms with Crippen LogP contribution in [0, 0.1) is 0 Å². The van der Waals surface area contributed by atoms with E-state index in [2.05, 4.69) is 121 Å². The smallest absolute Gasteiger partial charge is 0.142 e. The quantitative estimate of drug-likeness (QED) is 0.155. The van der Waals surface area contributed by atoms with Gasteiger partial charge in [-0.2, -0.15) is 0 Å². The summed E-state index contributed by atoms with van der Waals surface area (Å²) in [5.41, 5.74) is 7.37. The number of hydrogen-bond donors (Lipinski definition) is 0. The Morgan fingerprint density at radius 1 is 0.364 bits per heavy atom. The zero-order chi connectivity index (χ0) is 28.8. The number of para-hydroxylation sites is 1. The Bertz CT molecular complexity index is 2720. The predicted octanol–water partition coefficient (Wildman–Crippen LogP) is 12.3. The summed E-state index contributed by atoms with van der Waals surface area (Å²) in [6, 6.07) is 50.0. The summed E-state index contributed by atoms with van der Waals surface area (Å²) in [7, 11) is 0. The molecular formula is C42H24O2. The first-order valence-corrected chi connectivity index (χ1v) is 15.0. The number of furan rings is 2. The first kappa shape index (κ1) is 23.7. The Morgan fingerprint density at radius 2 is 0.932 bits per heavy atom. The number of rotatable bonds is 2. The normalized spacial score (nSPS) is 12.1. The van der Waals surface area contributed by atoms with Crippen LogP contribution in [-0.4, -0.2) is 0 Å². The maximum absolute atomic E-state index is 6.46. The molecular weight excluding hydrogens is 536 g/mol. The summed E-state index contributed by atoms with van der Waals surface area (Å²) in [5.74, 6) is 0. The van der Waals surface area contributed by atoms with Gasteiger partial charge < -0.3 is 8.83 Å². The lowest BCUT2D eigenvalue weighted by Crippen LogP contribution is -1.93. The summed E-state index contributed by atoms with van der Waals surface area (Å²) in [6.45, 7) is 0. The van der Waals surface area contributed by atoms with Crippen LogP contribution in [0.2, 0.25) is 0 Å². The van der Waals surface area contributed by atoms with E-state index in [1.807, 2.05) is 18.2 Å². The fourth-order valence-electron chi connectivity index (χ4n) is 7.50. The molecule has 2 aromatic heterocycles. The van der Waals surface area contributed by atoms with Crippen LogP contribution < -0.4 is 0 Å². The second-order valence-corrected chi connectivity index (χ2v) is 11.6. The summed E-state index contributed by atoms with van der Waals surface area (Å²) < 4.78 is 12.8. The van der Waals surface area contributed by atoms with Crippen LogP contribution in [0.5, 0.6) is 0 Å². The molecule has 10 aromatic rings. The van der Waals surface area contributed by atoms with Crippen LogP contribution in [0.1, 0.15) is 0 Å². The van der Waals surface area contributed by atoms with E-state index in [0.717, 1.165) is 38.5 Å². The highest BCUT2D eigenvalue weighted by Gasteiger charge is 2.24. The minimum atomic E-state index is 0.868. The Kier molecular flexibility index (Phi) is 4.75. The molecule has 0 N–H and O–H groups in total. The summed E-state index contributed by atoms with van der Waals surface area (Å²) in [5, 5.41) is 13.1. The Labute approximate surface area is 252 Å². The largest absolute Gasteiger partial charge is 0.464 e. The minimum Gasteiger partial charge on any atom is -0.464 e. The van der Waals surface area contributed by atoms with E-state index < -0.39 is 0 Å². The van der Waals surface area contributed by atoms with E-state index in [1.165, 1.54) is 59.8 Å². The first-order valence-electron chi connectivity index (χ1n) is 15.0. The lowest BCUT2D eigenvalue weighted by molar-refractivity contribution is 0.617. The van der Waals surface area contributed by atoms with Gasteiger partial charge in [-0.25, -0.2) is 0 Å². The van der Waals surface area contributed by atoms with Crippen LogP contribution in [-0.2, 0) is 0 Å². The first-order chi connectivity index (χ1) is 21.8. The van der Waals surface area contributed by atoms with E-state index in [1.54, 1.807) is 6.26 Å². The van der Waals surface area contributed by atoms with E-state index in [-0.39, 0.29) is 0 Å². The van der Waals surface area contributed by atoms with Gasteiger partial charge in [-0.15, -0.1) is 0 Å². The van der Waals surface area contributed by atoms with Crippen molar-refractivity contribution in [3.05, 3.63) is 146 Å². The molecule has 0 saturated heterocycles. The van der Waals surface area contributed by atoms with E-state index >= 15 is 0 Å². The molecule has 0 unspecified atom stereocenters. The third-order valence-electron chi connectivity index (χ3n) is 9.30. The monoisotopic (exact) mass is 560 g/mol. The minimum absolute atomic E-state index is 0.868. The molecule has 0 aliphatic rings. The molecule has 2 heteroatoms. The van der Waals surface area contributed by atoms with Gasteiger partial charge in [-0.3, -0.25) is 0 Å². The molecule has 2 heterocycles. The van der Waals surface area contributed by atoms with Crippen molar-refractivity contribution in [1.29, 1.82) is 0 Å². The number of fused-ring (bicyclic) bond motifs is 9. The van der Waals surface area contributed by atoms with Crippen LogP contribution >= 0.6 is 0 Å². The van der Waals surface area contributed by atoms with Gasteiger partial charge in [0.1, 0.15) is 16.7 Å². The number of hydrogen-bond acceptors (Lipinski definition) is 2. The van der Waals surface area contributed by atoms with Crippen LogP contribution in [0.3, 0.4) is 0 Å². The zero-order valence-electron chi connectivity index (χ0n) is 23.7. The van der Waals surface area contributed by atoms with Crippen molar-refractivity contribution in [3.8, 4) is 22.3 Å². The fourth-order valence-corrected chi connectivity index (χ4v) is 7.50. The van der Waals surface area contributed by atoms with Gasteiger partial charge in [0.2, 0.25) is 0 Å². The standard InChI is InChI=1S/C42H24O2/c1-2-12-27-25(11-1)23-35(29-14-4-3-13-28(27)29)38-30-15-5-7-17-32(30)39(33-18-8-6-16-31(33)38)41-40-34-19-9-10-20-36(34)44-37(40)24-26-21-22-43-42(26)41/h1-24H. The van der Waals surface area contributed by atoms with E-state index in [9.17, 15) is 0 Å². The average molecular weight is 561 g/mol. The highest BCUT2D eigenvalue weighted by Crippen LogP contribution is 2.50. The van der Waals surface area contributed by atoms with Crippen LogP contribution in [0.15, 0.2) is 155 Å². The molecule has 0 radical (unpaired) electrons. The number of benzene rings is 8. The van der Waals surface area contributed by atoms with Gasteiger partial charge in [0.25, 0.3) is 0 Å². The van der Waals surface area contributed by atoms with Crippen molar-refractivity contribution in [2.24, 2.45) is 0 Å². The maximum atomic E-state index is 6.46. The summed E-state index contributed by atoms with van der Waals surface area (Å²) in [4.78, 5) is 0. The highest BCUT2D eigenvalue weighted by atomic mass is 16.3. The van der Waals surface area contributed by atoms with Crippen molar-refractivity contribution >= 4 is 76.0 Å². The third kappa shape index (κ3) is 3.14. The second kappa shape index (κ2) is 8.82. The van der Waals surface area contributed by atoms with Crippen LogP contribution in [0.25, 0.3) is 98.3 Å². The van der Waals surface area contributed by atoms with Gasteiger partial charge in [0.05, 0.1) is 6.26 Å². The molecule has 0 aliphatic heterocycles. The van der Waals surface area contributed by atoms with Gasteiger partial charge >= 0.3 is 0 Å². The highest BCUT2D eigenvalue weighted by molar-refractivity contribution is 6.30. The van der Waals surface area contributed by atoms with Gasteiger partial charge in [0.15, 0.2) is 0 Å². The Balaban J connectivity index is 1.45. The Hall–Kier alpha value is -5.86. The van der Waals surface area contributed by atoms with E-state index in [0.29, 0.717) is 0 Å². The molecule has 10 rings (SSSR count). The third-order valence-corrected chi connectivity index (χ3v) is 9.30. The molecule has 0 aliphatic carbocycles. The molecule has 0 bridgehead atoms. The molecule has 0 atom stereocenters. The lowest BCUT2D eigenvalue weighted by Gasteiger charge is -2.20. The second-order valence-electron chi connectivity index (χ2n) is 11.6. The molecule has 0 fully saturated rings. The molecule has 0 spiro atoms. The fraction of sp³-hybridized carbons (Fsp3) is 0. The zero-order valence-corrected chi connectivity index (χ0v) is 23.7. The van der Waals surface area contributed by atoms with Crippen molar-refractivity contribution in [1.82, 2.24) is 0 Å². The molecule has 204 valence electrons. The summed E-state index contributed by atoms with van der Waals surface area (Å²) >= 11 is 0. The van der Waals surface area contributed by atoms with Gasteiger partial charge in [0, 0.05) is 27.3 Å². The van der Waals surface area contributed by atoms with Crippen molar-refractivity contribution < 1.29 is 8.83 Å². The molecule has 0 amide bonds. The van der Waals surface area contributed by atoms with Crippen molar-refractivity contribution in [2.75, 3.05) is 0 Å². The molecule has 44 heavy (non-hydrogen) atoms. The Morgan fingerprint density at radius 3 is 1.66 bits per heavy atom. The van der Waals surface area contributed by atoms with E-state index in [4.69, 9.17) is 8.83 Å². The topological polar surface area (TPSA) is 26.3 Å². The average Bonchev–Trinajstić information content (AvgIpc) is 3.70. The molecule has 2 nitrogen and oxygen atoms in total. The van der Waals surface area contributed by atoms with Gasteiger partial charge in [-0.1, -0.05) is 115 Å². The predicted molar refractivity (Wildman–Crippen MR) is 184 cm³/mol. The lowest BCUT2D eigenvalue weighted by atomic mass is 9.83.